The second kappa shape index (κ2) is 12.3. The SMILES string of the molecule is CC(C)CC(N)C(=O)NC(CO)C(=O)NC(C(=O)NC(CO)C(=O)O)C(C)C. The Hall–Kier alpha value is -2.24. The van der Waals surface area contributed by atoms with E-state index < -0.39 is 67.0 Å². The number of nitrogens with one attached hydrogen (secondary N) is 3. The number of carbonyl (C=O) groups excluding carboxylic acids is 3. The van der Waals surface area contributed by atoms with Gasteiger partial charge in [-0.3, -0.25) is 14.4 Å². The van der Waals surface area contributed by atoms with Crippen LogP contribution < -0.4 is 21.7 Å². The first kappa shape index (κ1) is 25.8. The van der Waals surface area contributed by atoms with E-state index in [4.69, 9.17) is 15.9 Å². The fourth-order valence-electron chi connectivity index (χ4n) is 2.32. The van der Waals surface area contributed by atoms with Crippen molar-refractivity contribution in [2.75, 3.05) is 13.2 Å². The molecular formula is C17H32N4O7. The third-order valence-corrected chi connectivity index (χ3v) is 3.92. The van der Waals surface area contributed by atoms with Crippen LogP contribution in [0.5, 0.6) is 0 Å². The summed E-state index contributed by atoms with van der Waals surface area (Å²) in [5, 5.41) is 34.2. The van der Waals surface area contributed by atoms with E-state index >= 15 is 0 Å². The van der Waals surface area contributed by atoms with Gasteiger partial charge in [0.1, 0.15) is 18.1 Å². The summed E-state index contributed by atoms with van der Waals surface area (Å²) >= 11 is 0. The van der Waals surface area contributed by atoms with Gasteiger partial charge in [0, 0.05) is 0 Å². The number of rotatable bonds is 12. The Bertz CT molecular complexity index is 554. The second-order valence-corrected chi connectivity index (χ2v) is 7.29. The highest BCUT2D eigenvalue weighted by atomic mass is 16.4. The zero-order valence-corrected chi connectivity index (χ0v) is 16.6. The Morgan fingerprint density at radius 1 is 0.821 bits per heavy atom. The lowest BCUT2D eigenvalue weighted by Gasteiger charge is -2.26. The van der Waals surface area contributed by atoms with Crippen molar-refractivity contribution in [1.29, 1.82) is 0 Å². The van der Waals surface area contributed by atoms with Crippen LogP contribution in [0.4, 0.5) is 0 Å². The standard InChI is InChI=1S/C17H32N4O7/c1-8(2)5-10(18)14(24)19-11(6-22)15(25)21-13(9(3)4)16(26)20-12(7-23)17(27)28/h8-13,22-23H,5-7,18H2,1-4H3,(H,19,24)(H,20,26)(H,21,25)(H,27,28). The molecule has 0 aromatic rings. The van der Waals surface area contributed by atoms with Crippen LogP contribution in [0.25, 0.3) is 0 Å². The summed E-state index contributed by atoms with van der Waals surface area (Å²) in [6.45, 7) is 5.46. The molecule has 0 aliphatic heterocycles. The highest BCUT2D eigenvalue weighted by molar-refractivity contribution is 5.94. The summed E-state index contributed by atoms with van der Waals surface area (Å²) < 4.78 is 0. The molecule has 0 fully saturated rings. The van der Waals surface area contributed by atoms with Gasteiger partial charge in [-0.2, -0.15) is 0 Å². The number of aliphatic hydroxyl groups excluding tert-OH is 2. The Kier molecular flexibility index (Phi) is 11.3. The molecule has 8 N–H and O–H groups in total. The molecule has 0 bridgehead atoms. The van der Waals surface area contributed by atoms with E-state index in [1.165, 1.54) is 0 Å². The van der Waals surface area contributed by atoms with Crippen molar-refractivity contribution in [3.05, 3.63) is 0 Å². The number of hydrogen-bond acceptors (Lipinski definition) is 7. The van der Waals surface area contributed by atoms with Gasteiger partial charge in [0.2, 0.25) is 17.7 Å². The molecule has 0 heterocycles. The number of aliphatic carboxylic acids is 1. The first-order chi connectivity index (χ1) is 12.9. The third-order valence-electron chi connectivity index (χ3n) is 3.92. The summed E-state index contributed by atoms with van der Waals surface area (Å²) in [5.41, 5.74) is 5.75. The van der Waals surface area contributed by atoms with Gasteiger partial charge in [-0.25, -0.2) is 4.79 Å². The Morgan fingerprint density at radius 2 is 1.32 bits per heavy atom. The van der Waals surface area contributed by atoms with Crippen molar-refractivity contribution < 1.29 is 34.5 Å². The Labute approximate surface area is 164 Å². The van der Waals surface area contributed by atoms with E-state index in [9.17, 15) is 24.3 Å². The quantitative estimate of drug-likeness (QED) is 0.186. The minimum atomic E-state index is -1.52. The van der Waals surface area contributed by atoms with E-state index in [-0.39, 0.29) is 5.92 Å². The second-order valence-electron chi connectivity index (χ2n) is 7.29. The largest absolute Gasteiger partial charge is 0.480 e. The van der Waals surface area contributed by atoms with E-state index in [2.05, 4.69) is 16.0 Å². The molecule has 0 spiro atoms. The van der Waals surface area contributed by atoms with Gasteiger partial charge in [-0.05, 0) is 18.3 Å². The monoisotopic (exact) mass is 404 g/mol. The van der Waals surface area contributed by atoms with E-state index in [1.54, 1.807) is 13.8 Å². The Balaban J connectivity index is 5.07. The molecule has 162 valence electrons. The lowest BCUT2D eigenvalue weighted by molar-refractivity contribution is -0.143. The lowest BCUT2D eigenvalue weighted by Crippen LogP contribution is -2.59. The van der Waals surface area contributed by atoms with Gasteiger partial charge in [0.05, 0.1) is 19.3 Å². The van der Waals surface area contributed by atoms with Crippen molar-refractivity contribution in [2.24, 2.45) is 17.6 Å². The summed E-state index contributed by atoms with van der Waals surface area (Å²) in [6.07, 6.45) is 0.389. The smallest absolute Gasteiger partial charge is 0.328 e. The zero-order valence-electron chi connectivity index (χ0n) is 16.6. The number of amides is 3. The molecule has 0 aliphatic carbocycles. The summed E-state index contributed by atoms with van der Waals surface area (Å²) in [4.78, 5) is 47.7. The summed E-state index contributed by atoms with van der Waals surface area (Å²) in [5.74, 6) is -3.95. The van der Waals surface area contributed by atoms with Crippen LogP contribution in [0.1, 0.15) is 34.1 Å². The molecule has 11 nitrogen and oxygen atoms in total. The predicted molar refractivity (Wildman–Crippen MR) is 99.9 cm³/mol. The van der Waals surface area contributed by atoms with Gasteiger partial charge in [0.15, 0.2) is 0 Å². The molecule has 0 aromatic carbocycles. The summed E-state index contributed by atoms with van der Waals surface area (Å²) in [7, 11) is 0. The predicted octanol–water partition coefficient (Wildman–Crippen LogP) is -2.46. The molecule has 4 atom stereocenters. The van der Waals surface area contributed by atoms with Gasteiger partial charge in [-0.15, -0.1) is 0 Å². The molecule has 0 saturated carbocycles. The van der Waals surface area contributed by atoms with Crippen molar-refractivity contribution >= 4 is 23.7 Å². The maximum Gasteiger partial charge on any atom is 0.328 e. The van der Waals surface area contributed by atoms with Crippen molar-refractivity contribution in [1.82, 2.24) is 16.0 Å². The number of carboxylic acids is 1. The molecule has 28 heavy (non-hydrogen) atoms. The van der Waals surface area contributed by atoms with Crippen LogP contribution in [0.2, 0.25) is 0 Å². The zero-order chi connectivity index (χ0) is 22.0. The number of carbonyl (C=O) groups is 4. The normalized spacial score (nSPS) is 15.5. The summed E-state index contributed by atoms with van der Waals surface area (Å²) in [6, 6.07) is -4.84. The van der Waals surface area contributed by atoms with Crippen molar-refractivity contribution in [3.63, 3.8) is 0 Å². The molecule has 0 rings (SSSR count). The van der Waals surface area contributed by atoms with Gasteiger partial charge in [0.25, 0.3) is 0 Å². The minimum absolute atomic E-state index is 0.157. The molecule has 4 unspecified atom stereocenters. The third kappa shape index (κ3) is 8.63. The molecule has 11 heteroatoms. The number of aliphatic hydroxyl groups is 2. The number of nitrogens with two attached hydrogens (primary N) is 1. The molecule has 0 aliphatic rings. The highest BCUT2D eigenvalue weighted by Gasteiger charge is 2.31. The fourth-order valence-corrected chi connectivity index (χ4v) is 2.32. The van der Waals surface area contributed by atoms with Crippen LogP contribution in [-0.4, -0.2) is 76.4 Å². The molecule has 3 amide bonds. The topological polar surface area (TPSA) is 191 Å². The van der Waals surface area contributed by atoms with Crippen LogP contribution in [0.15, 0.2) is 0 Å². The number of carboxylic acid groups (broad SMARTS) is 1. The van der Waals surface area contributed by atoms with E-state index in [1.807, 2.05) is 13.8 Å². The van der Waals surface area contributed by atoms with E-state index in [0.717, 1.165) is 0 Å². The van der Waals surface area contributed by atoms with Crippen molar-refractivity contribution in [2.45, 2.75) is 58.3 Å². The van der Waals surface area contributed by atoms with Crippen LogP contribution in [0, 0.1) is 11.8 Å². The van der Waals surface area contributed by atoms with Crippen LogP contribution >= 0.6 is 0 Å². The fraction of sp³-hybridized carbons (Fsp3) is 0.765. The van der Waals surface area contributed by atoms with Gasteiger partial charge in [-0.1, -0.05) is 27.7 Å². The van der Waals surface area contributed by atoms with E-state index in [0.29, 0.717) is 6.42 Å². The Morgan fingerprint density at radius 3 is 1.71 bits per heavy atom. The van der Waals surface area contributed by atoms with Gasteiger partial charge < -0.3 is 37.0 Å². The molecular weight excluding hydrogens is 372 g/mol. The minimum Gasteiger partial charge on any atom is -0.480 e. The highest BCUT2D eigenvalue weighted by Crippen LogP contribution is 2.05. The first-order valence-corrected chi connectivity index (χ1v) is 9.05. The average Bonchev–Trinajstić information content (AvgIpc) is 2.60. The van der Waals surface area contributed by atoms with Crippen molar-refractivity contribution in [3.8, 4) is 0 Å². The molecule has 0 radical (unpaired) electrons. The maximum atomic E-state index is 12.4. The van der Waals surface area contributed by atoms with Crippen LogP contribution in [0.3, 0.4) is 0 Å². The molecule has 0 saturated heterocycles. The van der Waals surface area contributed by atoms with Crippen LogP contribution in [-0.2, 0) is 19.2 Å². The maximum absolute atomic E-state index is 12.4. The average molecular weight is 404 g/mol. The lowest BCUT2D eigenvalue weighted by atomic mass is 10.0. The first-order valence-electron chi connectivity index (χ1n) is 9.05. The van der Waals surface area contributed by atoms with Gasteiger partial charge >= 0.3 is 5.97 Å². The number of hydrogen-bond donors (Lipinski definition) is 7. The molecule has 0 aromatic heterocycles.